The highest BCUT2D eigenvalue weighted by molar-refractivity contribution is 5.79. The highest BCUT2D eigenvalue weighted by Gasteiger charge is 2.08. The maximum Gasteiger partial charge on any atom is 0.347 e. The maximum absolute atomic E-state index is 11.9. The van der Waals surface area contributed by atoms with Gasteiger partial charge in [-0.15, -0.1) is 0 Å². The fraction of sp³-hybridized carbons (Fsp3) is 0.0714. The topological polar surface area (TPSA) is 56.0 Å². The van der Waals surface area contributed by atoms with Crippen LogP contribution in [0.5, 0.6) is 0 Å². The third kappa shape index (κ3) is 1.78. The molecule has 0 aliphatic heterocycles. The van der Waals surface area contributed by atoms with Gasteiger partial charge in [-0.1, -0.05) is 11.6 Å². The standard InChI is InChI=1S/C14H10N2O2/c1-9-2-3-12-11(8-9)14(17)18-13(16-12)10-4-6-15-7-5-10/h2-8H,1H3. The van der Waals surface area contributed by atoms with E-state index in [-0.39, 0.29) is 5.63 Å². The quantitative estimate of drug-likeness (QED) is 0.653. The first-order valence-electron chi connectivity index (χ1n) is 5.56. The van der Waals surface area contributed by atoms with Gasteiger partial charge in [-0.3, -0.25) is 4.98 Å². The first-order valence-corrected chi connectivity index (χ1v) is 5.56. The van der Waals surface area contributed by atoms with Crippen LogP contribution in [-0.2, 0) is 0 Å². The van der Waals surface area contributed by atoms with E-state index in [1.807, 2.05) is 19.1 Å². The van der Waals surface area contributed by atoms with E-state index in [2.05, 4.69) is 9.97 Å². The van der Waals surface area contributed by atoms with E-state index in [0.29, 0.717) is 16.8 Å². The molecule has 0 N–H and O–H groups in total. The molecule has 0 radical (unpaired) electrons. The van der Waals surface area contributed by atoms with E-state index in [4.69, 9.17) is 4.42 Å². The molecule has 4 heteroatoms. The van der Waals surface area contributed by atoms with Crippen molar-refractivity contribution < 1.29 is 4.42 Å². The molecule has 0 spiro atoms. The Kier molecular flexibility index (Phi) is 2.41. The first kappa shape index (κ1) is 10.7. The molecule has 0 aliphatic carbocycles. The highest BCUT2D eigenvalue weighted by Crippen LogP contribution is 2.17. The van der Waals surface area contributed by atoms with Crippen molar-refractivity contribution in [1.82, 2.24) is 9.97 Å². The van der Waals surface area contributed by atoms with E-state index >= 15 is 0 Å². The summed E-state index contributed by atoms with van der Waals surface area (Å²) in [6.45, 7) is 1.93. The monoisotopic (exact) mass is 238 g/mol. The van der Waals surface area contributed by atoms with E-state index in [9.17, 15) is 4.79 Å². The van der Waals surface area contributed by atoms with Crippen molar-refractivity contribution in [2.45, 2.75) is 6.92 Å². The molecule has 0 aliphatic rings. The molecule has 0 atom stereocenters. The lowest BCUT2D eigenvalue weighted by Gasteiger charge is -2.01. The van der Waals surface area contributed by atoms with Crippen molar-refractivity contribution >= 4 is 10.9 Å². The zero-order valence-corrected chi connectivity index (χ0v) is 9.75. The summed E-state index contributed by atoms with van der Waals surface area (Å²) in [5.74, 6) is 0.318. The average molecular weight is 238 g/mol. The number of pyridine rings is 1. The predicted octanol–water partition coefficient (Wildman–Crippen LogP) is 2.56. The molecule has 4 nitrogen and oxygen atoms in total. The summed E-state index contributed by atoms with van der Waals surface area (Å²) in [7, 11) is 0. The minimum absolute atomic E-state index is 0.318. The van der Waals surface area contributed by atoms with Gasteiger partial charge in [0.1, 0.15) is 0 Å². The molecule has 18 heavy (non-hydrogen) atoms. The van der Waals surface area contributed by atoms with Gasteiger partial charge in [0.2, 0.25) is 5.89 Å². The van der Waals surface area contributed by atoms with Gasteiger partial charge in [-0.05, 0) is 31.2 Å². The molecule has 88 valence electrons. The lowest BCUT2D eigenvalue weighted by Crippen LogP contribution is -2.03. The van der Waals surface area contributed by atoms with Crippen LogP contribution in [0.2, 0.25) is 0 Å². The average Bonchev–Trinajstić information content (AvgIpc) is 2.40. The molecule has 3 rings (SSSR count). The van der Waals surface area contributed by atoms with E-state index in [0.717, 1.165) is 11.1 Å². The molecule has 1 aromatic carbocycles. The van der Waals surface area contributed by atoms with Crippen LogP contribution in [-0.4, -0.2) is 9.97 Å². The fourth-order valence-corrected chi connectivity index (χ4v) is 1.80. The first-order chi connectivity index (χ1) is 8.74. The summed E-state index contributed by atoms with van der Waals surface area (Å²) in [6.07, 6.45) is 3.27. The Labute approximate surface area is 103 Å². The van der Waals surface area contributed by atoms with E-state index in [1.165, 1.54) is 0 Å². The summed E-state index contributed by atoms with van der Waals surface area (Å²) in [5.41, 5.74) is 2.03. The Morgan fingerprint density at radius 3 is 2.67 bits per heavy atom. The van der Waals surface area contributed by atoms with Gasteiger partial charge in [0.25, 0.3) is 0 Å². The summed E-state index contributed by atoms with van der Waals surface area (Å²) in [6, 6.07) is 9.04. The highest BCUT2D eigenvalue weighted by atomic mass is 16.4. The predicted molar refractivity (Wildman–Crippen MR) is 68.2 cm³/mol. The smallest absolute Gasteiger partial charge is 0.347 e. The molecule has 0 unspecified atom stereocenters. The van der Waals surface area contributed by atoms with Crippen LogP contribution >= 0.6 is 0 Å². The van der Waals surface area contributed by atoms with Gasteiger partial charge in [0.05, 0.1) is 10.9 Å². The summed E-state index contributed by atoms with van der Waals surface area (Å²) < 4.78 is 5.24. The van der Waals surface area contributed by atoms with Gasteiger partial charge < -0.3 is 4.42 Å². The number of hydrogen-bond donors (Lipinski definition) is 0. The Hall–Kier alpha value is -2.49. The van der Waals surface area contributed by atoms with Crippen molar-refractivity contribution in [1.29, 1.82) is 0 Å². The summed E-state index contributed by atoms with van der Waals surface area (Å²) in [4.78, 5) is 20.2. The minimum atomic E-state index is -0.365. The Morgan fingerprint density at radius 2 is 1.89 bits per heavy atom. The number of aromatic nitrogens is 2. The number of fused-ring (bicyclic) bond motifs is 1. The van der Waals surface area contributed by atoms with E-state index < -0.39 is 0 Å². The van der Waals surface area contributed by atoms with Gasteiger partial charge in [-0.25, -0.2) is 9.78 Å². The number of benzene rings is 1. The third-order valence-corrected chi connectivity index (χ3v) is 2.71. The van der Waals surface area contributed by atoms with Gasteiger partial charge >= 0.3 is 5.63 Å². The third-order valence-electron chi connectivity index (χ3n) is 2.71. The fourth-order valence-electron chi connectivity index (χ4n) is 1.80. The molecule has 2 aromatic heterocycles. The van der Waals surface area contributed by atoms with E-state index in [1.54, 1.807) is 30.6 Å². The zero-order chi connectivity index (χ0) is 12.5. The van der Waals surface area contributed by atoms with Crippen LogP contribution in [0.1, 0.15) is 5.56 Å². The number of rotatable bonds is 1. The normalized spacial score (nSPS) is 10.7. The summed E-state index contributed by atoms with van der Waals surface area (Å²) >= 11 is 0. The molecule has 0 fully saturated rings. The van der Waals surface area contributed by atoms with Crippen LogP contribution in [0.4, 0.5) is 0 Å². The van der Waals surface area contributed by atoms with Crippen LogP contribution in [0.25, 0.3) is 22.4 Å². The number of nitrogens with zero attached hydrogens (tertiary/aromatic N) is 2. The Bertz CT molecular complexity index is 764. The lowest BCUT2D eigenvalue weighted by atomic mass is 10.2. The molecule has 2 heterocycles. The van der Waals surface area contributed by atoms with Gasteiger partial charge in [-0.2, -0.15) is 0 Å². The molecule has 3 aromatic rings. The molecule has 0 bridgehead atoms. The van der Waals surface area contributed by atoms with Crippen molar-refractivity contribution in [2.24, 2.45) is 0 Å². The molecular formula is C14H10N2O2. The SMILES string of the molecule is Cc1ccc2nc(-c3ccncc3)oc(=O)c2c1. The molecule has 0 saturated heterocycles. The van der Waals surface area contributed by atoms with Crippen LogP contribution < -0.4 is 5.63 Å². The van der Waals surface area contributed by atoms with Gasteiger partial charge in [0, 0.05) is 18.0 Å². The van der Waals surface area contributed by atoms with Crippen molar-refractivity contribution in [3.05, 3.63) is 58.7 Å². The molecule has 0 amide bonds. The summed E-state index contributed by atoms with van der Waals surface area (Å²) in [5, 5.41) is 0.507. The van der Waals surface area contributed by atoms with Gasteiger partial charge in [0.15, 0.2) is 0 Å². The zero-order valence-electron chi connectivity index (χ0n) is 9.75. The minimum Gasteiger partial charge on any atom is -0.403 e. The molecular weight excluding hydrogens is 228 g/mol. The lowest BCUT2D eigenvalue weighted by molar-refractivity contribution is 0.518. The maximum atomic E-state index is 11.9. The van der Waals surface area contributed by atoms with Crippen LogP contribution in [0.15, 0.2) is 51.9 Å². The van der Waals surface area contributed by atoms with Crippen molar-refractivity contribution in [3.63, 3.8) is 0 Å². The second-order valence-electron chi connectivity index (χ2n) is 4.06. The molecule has 0 saturated carbocycles. The second kappa shape index (κ2) is 4.07. The van der Waals surface area contributed by atoms with Crippen molar-refractivity contribution in [2.75, 3.05) is 0 Å². The second-order valence-corrected chi connectivity index (χ2v) is 4.06. The number of aryl methyl sites for hydroxylation is 1. The Morgan fingerprint density at radius 1 is 1.11 bits per heavy atom. The van der Waals surface area contributed by atoms with Crippen LogP contribution in [0.3, 0.4) is 0 Å². The number of hydrogen-bond acceptors (Lipinski definition) is 4. The largest absolute Gasteiger partial charge is 0.403 e. The van der Waals surface area contributed by atoms with Crippen molar-refractivity contribution in [3.8, 4) is 11.5 Å². The van der Waals surface area contributed by atoms with Crippen LogP contribution in [0, 0.1) is 6.92 Å². The Balaban J connectivity index is 2.29.